The number of hydrogen-bond donors (Lipinski definition) is 3. The molecule has 0 saturated heterocycles. The molecule has 3 rings (SSSR count). The standard InChI is InChI=1S/C13H18N6O/c1-2-15-11-10-12(18-13(14)17-11)19(7-16-10)9-4-3-8(5-9)6-20/h3-4,7-9,20H,2,5-6H2,1H3,(H3,14,15,17,18)/t8-,9+/m1/s1. The van der Waals surface area contributed by atoms with Crippen LogP contribution < -0.4 is 11.1 Å². The molecule has 106 valence electrons. The summed E-state index contributed by atoms with van der Waals surface area (Å²) in [5, 5.41) is 12.4. The number of rotatable bonds is 4. The first-order valence-corrected chi connectivity index (χ1v) is 6.76. The maximum Gasteiger partial charge on any atom is 0.224 e. The number of allylic oxidation sites excluding steroid dienone is 1. The molecule has 4 N–H and O–H groups in total. The van der Waals surface area contributed by atoms with Crippen molar-refractivity contribution >= 4 is 22.9 Å². The van der Waals surface area contributed by atoms with Gasteiger partial charge in [-0.1, -0.05) is 12.2 Å². The van der Waals surface area contributed by atoms with Crippen molar-refractivity contribution in [2.45, 2.75) is 19.4 Å². The molecule has 7 heteroatoms. The molecule has 1 aliphatic carbocycles. The Morgan fingerprint density at radius 2 is 2.30 bits per heavy atom. The molecule has 0 saturated carbocycles. The third-order valence-electron chi connectivity index (χ3n) is 3.52. The lowest BCUT2D eigenvalue weighted by Crippen LogP contribution is -2.09. The highest BCUT2D eigenvalue weighted by Gasteiger charge is 2.22. The number of nitrogens with two attached hydrogens (primary N) is 1. The van der Waals surface area contributed by atoms with Gasteiger partial charge in [0, 0.05) is 19.1 Å². The second-order valence-corrected chi connectivity index (χ2v) is 4.92. The van der Waals surface area contributed by atoms with Crippen LogP contribution in [-0.4, -0.2) is 37.8 Å². The van der Waals surface area contributed by atoms with Crippen LogP contribution in [0.1, 0.15) is 19.4 Å². The van der Waals surface area contributed by atoms with Gasteiger partial charge < -0.3 is 20.7 Å². The molecule has 0 aromatic carbocycles. The van der Waals surface area contributed by atoms with E-state index in [1.165, 1.54) is 0 Å². The summed E-state index contributed by atoms with van der Waals surface area (Å²) in [4.78, 5) is 12.9. The van der Waals surface area contributed by atoms with Crippen LogP contribution in [0.5, 0.6) is 0 Å². The molecule has 0 radical (unpaired) electrons. The monoisotopic (exact) mass is 274 g/mol. The fourth-order valence-electron chi connectivity index (χ4n) is 2.56. The smallest absolute Gasteiger partial charge is 0.224 e. The number of imidazole rings is 1. The Kier molecular flexibility index (Phi) is 3.27. The SMILES string of the molecule is CCNc1nc(N)nc2c1ncn2[C@H]1C=C[C@@H](CO)C1. The third kappa shape index (κ3) is 2.09. The quantitative estimate of drug-likeness (QED) is 0.717. The summed E-state index contributed by atoms with van der Waals surface area (Å²) in [5.74, 6) is 1.09. The lowest BCUT2D eigenvalue weighted by atomic mass is 10.1. The van der Waals surface area contributed by atoms with Crippen molar-refractivity contribution in [2.75, 3.05) is 24.2 Å². The zero-order chi connectivity index (χ0) is 14.1. The van der Waals surface area contributed by atoms with Crippen molar-refractivity contribution in [1.82, 2.24) is 19.5 Å². The van der Waals surface area contributed by atoms with Crippen molar-refractivity contribution < 1.29 is 5.11 Å². The fraction of sp³-hybridized carbons (Fsp3) is 0.462. The fourth-order valence-corrected chi connectivity index (χ4v) is 2.56. The number of aliphatic hydroxyl groups excluding tert-OH is 1. The van der Waals surface area contributed by atoms with E-state index in [1.54, 1.807) is 6.33 Å². The minimum Gasteiger partial charge on any atom is -0.396 e. The van der Waals surface area contributed by atoms with Crippen LogP contribution in [0.4, 0.5) is 11.8 Å². The van der Waals surface area contributed by atoms with E-state index in [2.05, 4.69) is 26.3 Å². The average molecular weight is 274 g/mol. The summed E-state index contributed by atoms with van der Waals surface area (Å²) in [6.45, 7) is 2.90. The van der Waals surface area contributed by atoms with E-state index < -0.39 is 0 Å². The second kappa shape index (κ2) is 5.09. The number of fused-ring (bicyclic) bond motifs is 1. The second-order valence-electron chi connectivity index (χ2n) is 4.92. The van der Waals surface area contributed by atoms with Crippen LogP contribution in [0, 0.1) is 5.92 Å². The molecular formula is C13H18N6O. The molecule has 7 nitrogen and oxygen atoms in total. The Balaban J connectivity index is 2.03. The molecule has 20 heavy (non-hydrogen) atoms. The zero-order valence-corrected chi connectivity index (χ0v) is 11.3. The lowest BCUT2D eigenvalue weighted by molar-refractivity contribution is 0.244. The van der Waals surface area contributed by atoms with E-state index in [1.807, 2.05) is 17.6 Å². The topological polar surface area (TPSA) is 102 Å². The van der Waals surface area contributed by atoms with Gasteiger partial charge in [-0.05, 0) is 13.3 Å². The Hall–Kier alpha value is -2.15. The van der Waals surface area contributed by atoms with Gasteiger partial charge in [-0.2, -0.15) is 9.97 Å². The number of aliphatic hydroxyl groups is 1. The molecule has 2 heterocycles. The molecule has 0 unspecified atom stereocenters. The van der Waals surface area contributed by atoms with Crippen LogP contribution >= 0.6 is 0 Å². The predicted molar refractivity (Wildman–Crippen MR) is 77.3 cm³/mol. The van der Waals surface area contributed by atoms with Crippen molar-refractivity contribution in [3.8, 4) is 0 Å². The normalized spacial score (nSPS) is 21.7. The van der Waals surface area contributed by atoms with Crippen molar-refractivity contribution in [1.29, 1.82) is 0 Å². The van der Waals surface area contributed by atoms with E-state index in [9.17, 15) is 5.11 Å². The first-order valence-electron chi connectivity index (χ1n) is 6.76. The molecule has 0 aliphatic heterocycles. The molecule has 1 aliphatic rings. The number of anilines is 2. The number of nitrogens with zero attached hydrogens (tertiary/aromatic N) is 4. The van der Waals surface area contributed by atoms with Crippen LogP contribution in [0.15, 0.2) is 18.5 Å². The minimum atomic E-state index is 0.154. The zero-order valence-electron chi connectivity index (χ0n) is 11.3. The molecule has 0 bridgehead atoms. The maximum absolute atomic E-state index is 9.22. The highest BCUT2D eigenvalue weighted by Crippen LogP contribution is 2.31. The Morgan fingerprint density at radius 3 is 3.00 bits per heavy atom. The first-order chi connectivity index (χ1) is 9.72. The molecule has 0 fully saturated rings. The summed E-state index contributed by atoms with van der Waals surface area (Å²) in [6, 6.07) is 0.154. The van der Waals surface area contributed by atoms with Crippen LogP contribution in [0.3, 0.4) is 0 Å². The van der Waals surface area contributed by atoms with Crippen molar-refractivity contribution in [2.24, 2.45) is 5.92 Å². The number of nitrogens with one attached hydrogen (secondary N) is 1. The summed E-state index contributed by atoms with van der Waals surface area (Å²) >= 11 is 0. The van der Waals surface area contributed by atoms with Crippen LogP contribution in [0.25, 0.3) is 11.2 Å². The van der Waals surface area contributed by atoms with E-state index in [0.29, 0.717) is 5.82 Å². The summed E-state index contributed by atoms with van der Waals surface area (Å²) < 4.78 is 1.99. The maximum atomic E-state index is 9.22. The van der Waals surface area contributed by atoms with Gasteiger partial charge in [0.1, 0.15) is 0 Å². The average Bonchev–Trinajstić information content (AvgIpc) is 3.04. The summed E-state index contributed by atoms with van der Waals surface area (Å²) in [6.07, 6.45) is 6.72. The summed E-state index contributed by atoms with van der Waals surface area (Å²) in [5.41, 5.74) is 7.22. The number of hydrogen-bond acceptors (Lipinski definition) is 6. The molecule has 0 amide bonds. The Morgan fingerprint density at radius 1 is 1.45 bits per heavy atom. The predicted octanol–water partition coefficient (Wildman–Crippen LogP) is 0.950. The summed E-state index contributed by atoms with van der Waals surface area (Å²) in [7, 11) is 0. The number of aromatic nitrogens is 4. The van der Waals surface area contributed by atoms with Gasteiger partial charge in [0.15, 0.2) is 17.0 Å². The van der Waals surface area contributed by atoms with Crippen molar-refractivity contribution in [3.63, 3.8) is 0 Å². The Bertz CT molecular complexity index is 650. The van der Waals surface area contributed by atoms with Crippen LogP contribution in [0.2, 0.25) is 0 Å². The lowest BCUT2D eigenvalue weighted by Gasteiger charge is -2.13. The largest absolute Gasteiger partial charge is 0.396 e. The highest BCUT2D eigenvalue weighted by atomic mass is 16.3. The molecule has 2 aromatic rings. The highest BCUT2D eigenvalue weighted by molar-refractivity contribution is 5.84. The molecular weight excluding hydrogens is 256 g/mol. The van der Waals surface area contributed by atoms with Gasteiger partial charge >= 0.3 is 0 Å². The van der Waals surface area contributed by atoms with E-state index in [-0.39, 0.29) is 24.5 Å². The van der Waals surface area contributed by atoms with Gasteiger partial charge in [0.25, 0.3) is 0 Å². The molecule has 0 spiro atoms. The van der Waals surface area contributed by atoms with E-state index in [0.717, 1.165) is 24.1 Å². The van der Waals surface area contributed by atoms with Gasteiger partial charge in [0.05, 0.1) is 12.4 Å². The number of nitrogen functional groups attached to an aromatic ring is 1. The van der Waals surface area contributed by atoms with Gasteiger partial charge in [-0.25, -0.2) is 4.98 Å². The Labute approximate surface area is 116 Å². The van der Waals surface area contributed by atoms with E-state index in [4.69, 9.17) is 5.73 Å². The minimum absolute atomic E-state index is 0.154. The van der Waals surface area contributed by atoms with Gasteiger partial charge in [-0.3, -0.25) is 0 Å². The van der Waals surface area contributed by atoms with Crippen LogP contribution in [-0.2, 0) is 0 Å². The van der Waals surface area contributed by atoms with Gasteiger partial charge in [-0.15, -0.1) is 0 Å². The molecule has 2 aromatic heterocycles. The van der Waals surface area contributed by atoms with Gasteiger partial charge in [0.2, 0.25) is 5.95 Å². The third-order valence-corrected chi connectivity index (χ3v) is 3.52. The first kappa shape index (κ1) is 12.9. The molecule has 2 atom stereocenters. The van der Waals surface area contributed by atoms with E-state index >= 15 is 0 Å². The van der Waals surface area contributed by atoms with Crippen molar-refractivity contribution in [3.05, 3.63) is 18.5 Å².